The fourth-order valence-electron chi connectivity index (χ4n) is 6.05. The number of nitriles is 1. The summed E-state index contributed by atoms with van der Waals surface area (Å²) < 4.78 is 92.4. The minimum atomic E-state index is -5.02. The Morgan fingerprint density at radius 1 is 1.05 bits per heavy atom. The molecule has 0 unspecified atom stereocenters. The van der Waals surface area contributed by atoms with E-state index in [2.05, 4.69) is 19.9 Å². The summed E-state index contributed by atoms with van der Waals surface area (Å²) >= 11 is 0. The number of carbonyl (C=O) groups is 1. The monoisotopic (exact) mass is 622 g/mol. The lowest BCUT2D eigenvalue weighted by molar-refractivity contribution is -0.143. The highest BCUT2D eigenvalue weighted by atomic mass is 19.4. The highest BCUT2D eigenvalue weighted by molar-refractivity contribution is 5.77. The third-order valence-electron chi connectivity index (χ3n) is 8.40. The van der Waals surface area contributed by atoms with E-state index >= 15 is 0 Å². The minimum absolute atomic E-state index is 0.0587. The molecule has 1 amide bonds. The first-order chi connectivity index (χ1) is 20.2. The molecule has 1 heterocycles. The number of alkyl halides is 6. The predicted octanol–water partition coefficient (Wildman–Crippen LogP) is 9.37. The molecule has 2 atom stereocenters. The Kier molecular flexibility index (Phi) is 8.82. The van der Waals surface area contributed by atoms with Gasteiger partial charge in [0.2, 0.25) is 0 Å². The third kappa shape index (κ3) is 7.16. The number of allylic oxidation sites excluding steroid dienone is 1. The van der Waals surface area contributed by atoms with Crippen molar-refractivity contribution in [3.05, 3.63) is 69.8 Å². The molecular weight excluding hydrogens is 586 g/mol. The summed E-state index contributed by atoms with van der Waals surface area (Å²) in [5.41, 5.74) is -0.400. The quantitative estimate of drug-likeness (QED) is 0.289. The van der Waals surface area contributed by atoms with E-state index in [0.29, 0.717) is 37.1 Å². The standard InChI is InChI=1S/C33H36F6N2O3/c1-19-28(21-12-23(32(34,35)36)14-24(13-21)33(37,38)39)44-29(42)41(19)17-22-16-30(2,3)10-9-25(22)26-11-20(7-8-27(26)43-6)15-31(4,5)18-40/h7-8,11-14,19,28H,9-10,15-17H2,1-6H3/t19-,28-/m0/s1. The second-order valence-corrected chi connectivity index (χ2v) is 13.1. The molecule has 4 rings (SSSR count). The Balaban J connectivity index is 1.74. The summed E-state index contributed by atoms with van der Waals surface area (Å²) in [5.74, 6) is 0.620. The number of benzene rings is 2. The van der Waals surface area contributed by atoms with Gasteiger partial charge in [0.1, 0.15) is 11.9 Å². The van der Waals surface area contributed by atoms with Crippen LogP contribution in [0.4, 0.5) is 31.1 Å². The lowest BCUT2D eigenvalue weighted by Crippen LogP contribution is -2.35. The number of halogens is 6. The van der Waals surface area contributed by atoms with Gasteiger partial charge in [0.25, 0.3) is 0 Å². The van der Waals surface area contributed by atoms with Crippen LogP contribution < -0.4 is 4.74 Å². The van der Waals surface area contributed by atoms with Crippen molar-refractivity contribution in [1.29, 1.82) is 5.26 Å². The van der Waals surface area contributed by atoms with Crippen LogP contribution >= 0.6 is 0 Å². The average molecular weight is 623 g/mol. The van der Waals surface area contributed by atoms with Gasteiger partial charge in [0, 0.05) is 12.1 Å². The predicted molar refractivity (Wildman–Crippen MR) is 152 cm³/mol. The summed E-state index contributed by atoms with van der Waals surface area (Å²) in [7, 11) is 1.56. The number of ether oxygens (including phenoxy) is 2. The molecule has 0 spiro atoms. The van der Waals surface area contributed by atoms with Crippen LogP contribution in [0.5, 0.6) is 5.75 Å². The summed E-state index contributed by atoms with van der Waals surface area (Å²) in [6, 6.07) is 8.48. The van der Waals surface area contributed by atoms with E-state index in [1.165, 1.54) is 4.90 Å². The van der Waals surface area contributed by atoms with Gasteiger partial charge in [-0.05, 0) is 104 Å². The molecule has 0 radical (unpaired) electrons. The molecule has 5 nitrogen and oxygen atoms in total. The summed E-state index contributed by atoms with van der Waals surface area (Å²) in [4.78, 5) is 14.5. The lowest BCUT2D eigenvalue weighted by Gasteiger charge is -2.36. The third-order valence-corrected chi connectivity index (χ3v) is 8.40. The van der Waals surface area contributed by atoms with Crippen molar-refractivity contribution >= 4 is 11.7 Å². The number of rotatable bonds is 7. The van der Waals surface area contributed by atoms with Crippen LogP contribution in [-0.2, 0) is 23.5 Å². The molecule has 2 aromatic rings. The Morgan fingerprint density at radius 3 is 2.20 bits per heavy atom. The van der Waals surface area contributed by atoms with Gasteiger partial charge in [-0.25, -0.2) is 4.79 Å². The summed E-state index contributed by atoms with van der Waals surface area (Å²) in [6.07, 6.45) is -9.60. The molecule has 0 N–H and O–H groups in total. The second kappa shape index (κ2) is 11.7. The average Bonchev–Trinajstić information content (AvgIpc) is 3.20. The van der Waals surface area contributed by atoms with Crippen LogP contribution in [0.15, 0.2) is 42.0 Å². The molecule has 0 bridgehead atoms. The molecule has 44 heavy (non-hydrogen) atoms. The number of nitrogens with zero attached hydrogens (tertiary/aromatic N) is 2. The van der Waals surface area contributed by atoms with Crippen LogP contribution in [-0.4, -0.2) is 30.7 Å². The molecule has 1 fully saturated rings. The lowest BCUT2D eigenvalue weighted by atomic mass is 9.72. The van der Waals surface area contributed by atoms with Gasteiger partial charge in [-0.15, -0.1) is 0 Å². The first-order valence-corrected chi connectivity index (χ1v) is 14.3. The van der Waals surface area contributed by atoms with Gasteiger partial charge < -0.3 is 9.47 Å². The first kappa shape index (κ1) is 33.2. The van der Waals surface area contributed by atoms with Crippen molar-refractivity contribution in [3.63, 3.8) is 0 Å². The molecule has 238 valence electrons. The maximum absolute atomic E-state index is 13.5. The maximum Gasteiger partial charge on any atom is 0.416 e. The zero-order chi connectivity index (χ0) is 32.8. The van der Waals surface area contributed by atoms with Crippen molar-refractivity contribution in [1.82, 2.24) is 4.90 Å². The van der Waals surface area contributed by atoms with Crippen molar-refractivity contribution < 1.29 is 40.6 Å². The normalized spacial score (nSPS) is 20.9. The number of amides is 1. The number of cyclic esters (lactones) is 1. The molecule has 0 saturated carbocycles. The van der Waals surface area contributed by atoms with Gasteiger partial charge in [-0.2, -0.15) is 31.6 Å². The highest BCUT2D eigenvalue weighted by Crippen LogP contribution is 2.47. The first-order valence-electron chi connectivity index (χ1n) is 14.3. The van der Waals surface area contributed by atoms with Crippen LogP contribution in [0.3, 0.4) is 0 Å². The van der Waals surface area contributed by atoms with Gasteiger partial charge in [-0.1, -0.05) is 19.9 Å². The van der Waals surface area contributed by atoms with Crippen LogP contribution in [0.2, 0.25) is 0 Å². The molecular formula is C33H36F6N2O3. The zero-order valence-electron chi connectivity index (χ0n) is 25.5. The molecule has 0 aromatic heterocycles. The van der Waals surface area contributed by atoms with E-state index in [9.17, 15) is 36.4 Å². The molecule has 1 aliphatic carbocycles. The number of methoxy groups -OCH3 is 1. The Hall–Kier alpha value is -3.68. The fourth-order valence-corrected chi connectivity index (χ4v) is 6.05. The molecule has 2 aliphatic rings. The SMILES string of the molecule is COc1ccc(CC(C)(C)C#N)cc1C1=C(CN2C(=O)O[C@H](c3cc(C(F)(F)F)cc(C(F)(F)F)c3)[C@@H]2C)CC(C)(C)CC1. The van der Waals surface area contributed by atoms with Crippen molar-refractivity contribution in [2.24, 2.45) is 10.8 Å². The Morgan fingerprint density at radius 2 is 1.66 bits per heavy atom. The van der Waals surface area contributed by atoms with E-state index in [-0.39, 0.29) is 23.6 Å². The summed E-state index contributed by atoms with van der Waals surface area (Å²) in [6.45, 7) is 9.54. The topological polar surface area (TPSA) is 62.6 Å². The van der Waals surface area contributed by atoms with Crippen molar-refractivity contribution in [2.75, 3.05) is 13.7 Å². The van der Waals surface area contributed by atoms with Crippen LogP contribution in [0, 0.1) is 22.2 Å². The zero-order valence-corrected chi connectivity index (χ0v) is 25.5. The van der Waals surface area contributed by atoms with Gasteiger partial charge in [0.05, 0.1) is 35.8 Å². The maximum atomic E-state index is 13.5. The fraction of sp³-hybridized carbons (Fsp3) is 0.515. The van der Waals surface area contributed by atoms with Crippen LogP contribution in [0.1, 0.15) is 87.8 Å². The number of hydrogen-bond acceptors (Lipinski definition) is 4. The largest absolute Gasteiger partial charge is 0.496 e. The second-order valence-electron chi connectivity index (χ2n) is 13.1. The Bertz CT molecular complexity index is 1470. The van der Waals surface area contributed by atoms with E-state index in [1.807, 2.05) is 32.0 Å². The van der Waals surface area contributed by atoms with Crippen molar-refractivity contribution in [3.8, 4) is 11.8 Å². The van der Waals surface area contributed by atoms with Crippen LogP contribution in [0.25, 0.3) is 5.57 Å². The minimum Gasteiger partial charge on any atom is -0.496 e. The highest BCUT2D eigenvalue weighted by Gasteiger charge is 2.44. The van der Waals surface area contributed by atoms with Gasteiger partial charge in [-0.3, -0.25) is 4.90 Å². The molecule has 1 saturated heterocycles. The number of carbonyl (C=O) groups excluding carboxylic acids is 1. The number of hydrogen-bond donors (Lipinski definition) is 0. The molecule has 2 aromatic carbocycles. The van der Waals surface area contributed by atoms with E-state index in [4.69, 9.17) is 9.47 Å². The van der Waals surface area contributed by atoms with E-state index < -0.39 is 47.1 Å². The van der Waals surface area contributed by atoms with E-state index in [1.54, 1.807) is 14.0 Å². The summed E-state index contributed by atoms with van der Waals surface area (Å²) in [5, 5.41) is 9.55. The van der Waals surface area contributed by atoms with Gasteiger partial charge >= 0.3 is 18.4 Å². The smallest absolute Gasteiger partial charge is 0.416 e. The van der Waals surface area contributed by atoms with Crippen molar-refractivity contribution in [2.45, 2.75) is 84.8 Å². The Labute approximate surface area is 253 Å². The van der Waals surface area contributed by atoms with E-state index in [0.717, 1.165) is 28.7 Å². The molecule has 1 aliphatic heterocycles. The van der Waals surface area contributed by atoms with Gasteiger partial charge in [0.15, 0.2) is 0 Å². The molecule has 11 heteroatoms.